The monoisotopic (exact) mass is 374 g/mol. The van der Waals surface area contributed by atoms with Gasteiger partial charge in [-0.1, -0.05) is 34.1 Å². The summed E-state index contributed by atoms with van der Waals surface area (Å²) in [5.74, 6) is -0.611. The van der Waals surface area contributed by atoms with Crippen molar-refractivity contribution in [3.8, 4) is 0 Å². The highest BCUT2D eigenvalue weighted by molar-refractivity contribution is 9.10. The van der Waals surface area contributed by atoms with Crippen molar-refractivity contribution in [2.45, 2.75) is 19.3 Å². The van der Waals surface area contributed by atoms with E-state index in [1.807, 2.05) is 24.4 Å². The van der Waals surface area contributed by atoms with Gasteiger partial charge in [0.2, 0.25) is 5.91 Å². The van der Waals surface area contributed by atoms with Gasteiger partial charge in [-0.15, -0.1) is 0 Å². The fraction of sp³-hybridized carbons (Fsp3) is 0.167. The van der Waals surface area contributed by atoms with Gasteiger partial charge in [-0.2, -0.15) is 0 Å². The Morgan fingerprint density at radius 2 is 2.04 bits per heavy atom. The van der Waals surface area contributed by atoms with Crippen LogP contribution in [0.2, 0.25) is 0 Å². The van der Waals surface area contributed by atoms with Crippen LogP contribution in [-0.4, -0.2) is 10.9 Å². The molecule has 2 aromatic carbocycles. The molecule has 3 rings (SSSR count). The molecule has 0 aliphatic rings. The number of aromatic nitrogens is 1. The number of hydrogen-bond acceptors (Lipinski definition) is 1. The van der Waals surface area contributed by atoms with Gasteiger partial charge in [0, 0.05) is 28.0 Å². The molecule has 1 heterocycles. The number of aryl methyl sites for hydroxylation is 1. The molecule has 23 heavy (non-hydrogen) atoms. The topological polar surface area (TPSA) is 44.9 Å². The Hall–Kier alpha value is -2.14. The van der Waals surface area contributed by atoms with Crippen LogP contribution < -0.4 is 5.32 Å². The fourth-order valence-electron chi connectivity index (χ4n) is 2.58. The van der Waals surface area contributed by atoms with Crippen LogP contribution >= 0.6 is 15.9 Å². The number of para-hydroxylation sites is 1. The van der Waals surface area contributed by atoms with Gasteiger partial charge in [-0.3, -0.25) is 4.79 Å². The molecule has 0 bridgehead atoms. The first-order valence-electron chi connectivity index (χ1n) is 7.43. The van der Waals surface area contributed by atoms with Gasteiger partial charge in [0.1, 0.15) is 5.82 Å². The normalized spacial score (nSPS) is 10.9. The lowest BCUT2D eigenvalue weighted by atomic mass is 10.1. The molecule has 3 aromatic rings. The summed E-state index contributed by atoms with van der Waals surface area (Å²) in [6, 6.07) is 12.6. The third-order valence-electron chi connectivity index (χ3n) is 3.73. The van der Waals surface area contributed by atoms with Crippen molar-refractivity contribution in [1.82, 2.24) is 4.98 Å². The van der Waals surface area contributed by atoms with E-state index in [0.717, 1.165) is 16.4 Å². The Bertz CT molecular complexity index is 844. The number of hydrogen-bond donors (Lipinski definition) is 2. The van der Waals surface area contributed by atoms with Crippen molar-refractivity contribution in [2.75, 3.05) is 5.32 Å². The van der Waals surface area contributed by atoms with E-state index < -0.39 is 5.82 Å². The summed E-state index contributed by atoms with van der Waals surface area (Å²) in [5.41, 5.74) is 2.50. The molecule has 0 fully saturated rings. The first-order chi connectivity index (χ1) is 11.1. The molecule has 0 atom stereocenters. The van der Waals surface area contributed by atoms with E-state index >= 15 is 0 Å². The second-order valence-corrected chi connectivity index (χ2v) is 6.30. The first kappa shape index (κ1) is 15.7. The summed E-state index contributed by atoms with van der Waals surface area (Å²) in [6.07, 6.45) is 3.85. The number of fused-ring (bicyclic) bond motifs is 1. The van der Waals surface area contributed by atoms with Crippen LogP contribution in [0, 0.1) is 5.82 Å². The van der Waals surface area contributed by atoms with Gasteiger partial charge in [0.05, 0.1) is 5.69 Å². The zero-order valence-electron chi connectivity index (χ0n) is 12.4. The molecule has 3 nitrogen and oxygen atoms in total. The number of halogens is 2. The smallest absolute Gasteiger partial charge is 0.224 e. The van der Waals surface area contributed by atoms with E-state index in [1.54, 1.807) is 12.1 Å². The molecule has 0 unspecified atom stereocenters. The Balaban J connectivity index is 1.56. The van der Waals surface area contributed by atoms with Crippen LogP contribution in [0.25, 0.3) is 10.9 Å². The molecule has 0 aliphatic heterocycles. The fourth-order valence-corrected chi connectivity index (χ4v) is 2.94. The van der Waals surface area contributed by atoms with Gasteiger partial charge in [-0.05, 0) is 42.7 Å². The van der Waals surface area contributed by atoms with Crippen molar-refractivity contribution in [2.24, 2.45) is 0 Å². The van der Waals surface area contributed by atoms with Crippen molar-refractivity contribution < 1.29 is 9.18 Å². The highest BCUT2D eigenvalue weighted by Crippen LogP contribution is 2.21. The molecular weight excluding hydrogens is 359 g/mol. The standard InChI is InChI=1S/C18H16BrFN2O/c19-13-8-9-15(20)17(10-13)22-18(23)7-3-4-12-11-21-16-6-2-1-5-14(12)16/h1-2,5-6,8-11,21H,3-4,7H2,(H,22,23). The van der Waals surface area contributed by atoms with Crippen LogP contribution in [0.1, 0.15) is 18.4 Å². The summed E-state index contributed by atoms with van der Waals surface area (Å²) >= 11 is 3.27. The van der Waals surface area contributed by atoms with Gasteiger partial charge >= 0.3 is 0 Å². The minimum Gasteiger partial charge on any atom is -0.361 e. The Morgan fingerprint density at radius 1 is 1.22 bits per heavy atom. The van der Waals surface area contributed by atoms with E-state index in [2.05, 4.69) is 32.3 Å². The second kappa shape index (κ2) is 6.96. The Kier molecular flexibility index (Phi) is 4.76. The number of benzene rings is 2. The number of nitrogens with one attached hydrogen (secondary N) is 2. The zero-order valence-corrected chi connectivity index (χ0v) is 14.0. The van der Waals surface area contributed by atoms with Crippen molar-refractivity contribution >= 4 is 38.4 Å². The average molecular weight is 375 g/mol. The Morgan fingerprint density at radius 3 is 2.91 bits per heavy atom. The average Bonchev–Trinajstić information content (AvgIpc) is 2.94. The van der Waals surface area contributed by atoms with E-state index in [1.165, 1.54) is 17.0 Å². The predicted octanol–water partition coefficient (Wildman–Crippen LogP) is 5.03. The summed E-state index contributed by atoms with van der Waals surface area (Å²) in [4.78, 5) is 15.2. The summed E-state index contributed by atoms with van der Waals surface area (Å²) < 4.78 is 14.3. The van der Waals surface area contributed by atoms with E-state index in [4.69, 9.17) is 0 Å². The quantitative estimate of drug-likeness (QED) is 0.646. The molecule has 0 radical (unpaired) electrons. The molecule has 0 saturated carbocycles. The molecule has 1 aromatic heterocycles. The van der Waals surface area contributed by atoms with Crippen molar-refractivity contribution in [1.29, 1.82) is 0 Å². The molecular formula is C18H16BrFN2O. The summed E-state index contributed by atoms with van der Waals surface area (Å²) in [5, 5.41) is 3.80. The minimum absolute atomic E-state index is 0.179. The summed E-state index contributed by atoms with van der Waals surface area (Å²) in [7, 11) is 0. The lowest BCUT2D eigenvalue weighted by Gasteiger charge is -2.07. The summed E-state index contributed by atoms with van der Waals surface area (Å²) in [6.45, 7) is 0. The SMILES string of the molecule is O=C(CCCc1c[nH]c2ccccc12)Nc1cc(Br)ccc1F. The van der Waals surface area contributed by atoms with Crippen molar-refractivity contribution in [3.63, 3.8) is 0 Å². The first-order valence-corrected chi connectivity index (χ1v) is 8.22. The zero-order chi connectivity index (χ0) is 16.2. The Labute approximate surface area is 142 Å². The molecule has 0 spiro atoms. The third-order valence-corrected chi connectivity index (χ3v) is 4.22. The van der Waals surface area contributed by atoms with Crippen molar-refractivity contribution in [3.05, 3.63) is 64.5 Å². The van der Waals surface area contributed by atoms with Crippen LogP contribution in [0.4, 0.5) is 10.1 Å². The number of anilines is 1. The minimum atomic E-state index is -0.432. The maximum absolute atomic E-state index is 13.6. The number of carbonyl (C=O) groups excluding carboxylic acids is 1. The predicted molar refractivity (Wildman–Crippen MR) is 94.0 cm³/mol. The van der Waals surface area contributed by atoms with Crippen LogP contribution in [0.15, 0.2) is 53.1 Å². The van der Waals surface area contributed by atoms with E-state index in [0.29, 0.717) is 12.8 Å². The number of amides is 1. The maximum Gasteiger partial charge on any atom is 0.224 e. The highest BCUT2D eigenvalue weighted by Gasteiger charge is 2.09. The van der Waals surface area contributed by atoms with Gasteiger partial charge in [0.25, 0.3) is 0 Å². The third kappa shape index (κ3) is 3.79. The molecule has 0 aliphatic carbocycles. The molecule has 2 N–H and O–H groups in total. The second-order valence-electron chi connectivity index (χ2n) is 5.39. The number of aromatic amines is 1. The van der Waals surface area contributed by atoms with E-state index in [9.17, 15) is 9.18 Å². The van der Waals surface area contributed by atoms with Crippen LogP contribution in [0.3, 0.4) is 0 Å². The number of H-pyrrole nitrogens is 1. The van der Waals surface area contributed by atoms with Crippen LogP contribution in [-0.2, 0) is 11.2 Å². The largest absolute Gasteiger partial charge is 0.361 e. The molecule has 0 saturated heterocycles. The van der Waals surface area contributed by atoms with Gasteiger partial charge in [-0.25, -0.2) is 4.39 Å². The van der Waals surface area contributed by atoms with Gasteiger partial charge in [0.15, 0.2) is 0 Å². The molecule has 118 valence electrons. The lowest BCUT2D eigenvalue weighted by molar-refractivity contribution is -0.116. The molecule has 1 amide bonds. The molecule has 5 heteroatoms. The highest BCUT2D eigenvalue weighted by atomic mass is 79.9. The number of rotatable bonds is 5. The lowest BCUT2D eigenvalue weighted by Crippen LogP contribution is -2.12. The maximum atomic E-state index is 13.6. The van der Waals surface area contributed by atoms with Gasteiger partial charge < -0.3 is 10.3 Å². The number of carbonyl (C=O) groups is 1. The van der Waals surface area contributed by atoms with Crippen LogP contribution in [0.5, 0.6) is 0 Å². The van der Waals surface area contributed by atoms with E-state index in [-0.39, 0.29) is 11.6 Å².